The molecule has 2 atom stereocenters. The van der Waals surface area contributed by atoms with Gasteiger partial charge in [-0.05, 0) is 66.6 Å². The summed E-state index contributed by atoms with van der Waals surface area (Å²) < 4.78 is 44.7. The van der Waals surface area contributed by atoms with E-state index in [1.54, 1.807) is 61.7 Å². The second-order valence-corrected chi connectivity index (χ2v) is 14.2. The van der Waals surface area contributed by atoms with E-state index in [2.05, 4.69) is 10.9 Å². The Bertz CT molecular complexity index is 1880. The van der Waals surface area contributed by atoms with E-state index in [0.29, 0.717) is 47.9 Å². The molecule has 3 N–H and O–H groups in total. The Kier molecular flexibility index (Phi) is 12.2. The van der Waals surface area contributed by atoms with Crippen LogP contribution in [-0.4, -0.2) is 63.5 Å². The van der Waals surface area contributed by atoms with Gasteiger partial charge in [0.05, 0.1) is 24.4 Å². The van der Waals surface area contributed by atoms with Crippen molar-refractivity contribution < 1.29 is 32.5 Å². The highest BCUT2D eigenvalue weighted by molar-refractivity contribution is 7.91. The molecule has 1 aliphatic rings. The van der Waals surface area contributed by atoms with Crippen LogP contribution in [0.1, 0.15) is 35.6 Å². The average Bonchev–Trinajstić information content (AvgIpc) is 3.50. The van der Waals surface area contributed by atoms with Gasteiger partial charge in [-0.15, -0.1) is 0 Å². The normalized spacial score (nSPS) is 17.2. The first-order valence-electron chi connectivity index (χ1n) is 15.7. The fourth-order valence-corrected chi connectivity index (χ4v) is 7.35. The number of aliphatic hydroxyl groups is 1. The molecule has 258 valence electrons. The van der Waals surface area contributed by atoms with Crippen LogP contribution in [0.15, 0.2) is 107 Å². The lowest BCUT2D eigenvalue weighted by Crippen LogP contribution is -2.53. The molecular formula is C36H37Cl2N3O7S. The molecule has 1 heterocycles. The van der Waals surface area contributed by atoms with E-state index >= 15 is 0 Å². The van der Waals surface area contributed by atoms with Crippen LogP contribution in [0.3, 0.4) is 0 Å². The van der Waals surface area contributed by atoms with Crippen molar-refractivity contribution in [2.45, 2.75) is 35.8 Å². The Balaban J connectivity index is 1.50. The molecule has 0 saturated carbocycles. The number of carbonyl (C=O) groups excluding carboxylic acids is 1. The minimum atomic E-state index is -3.84. The molecule has 4 aromatic carbocycles. The standard InChI is InChI=1S/C36H37Cl2N3O7S/c1-46-32-11-6-5-8-25(32)18-20-39-41-35(43)36(19-23-49(44,45)29-9-3-2-4-10-29)33(30-17-14-27(37)24-31(30)38)48-34(40-36)26-12-15-28(16-13-26)47-22-7-21-42/h2-6,8-17,24,33,39,42H,7,18-23H2,1H3,(H,41,43)/t33-,36-/m0/s1. The third-order valence-electron chi connectivity index (χ3n) is 8.04. The SMILES string of the molecule is COc1ccccc1CCNNC(=O)[C@@]1(CCS(=O)(=O)c2ccccc2)N=C(c2ccc(OCCCO)cc2)O[C@H]1c1ccc(Cl)cc1Cl. The van der Waals surface area contributed by atoms with E-state index in [0.717, 1.165) is 11.3 Å². The number of rotatable bonds is 16. The number of sulfone groups is 1. The summed E-state index contributed by atoms with van der Waals surface area (Å²) >= 11 is 12.9. The van der Waals surface area contributed by atoms with Gasteiger partial charge < -0.3 is 19.3 Å². The molecular weight excluding hydrogens is 689 g/mol. The maximum absolute atomic E-state index is 14.4. The van der Waals surface area contributed by atoms with Gasteiger partial charge in [-0.3, -0.25) is 10.2 Å². The Labute approximate surface area is 295 Å². The molecule has 0 bridgehead atoms. The number of benzene rings is 4. The van der Waals surface area contributed by atoms with E-state index < -0.39 is 33.1 Å². The summed E-state index contributed by atoms with van der Waals surface area (Å²) in [6.07, 6.45) is -0.337. The van der Waals surface area contributed by atoms with E-state index in [4.69, 9.17) is 47.5 Å². The van der Waals surface area contributed by atoms with Crippen molar-refractivity contribution in [3.05, 3.63) is 124 Å². The molecule has 4 aromatic rings. The second kappa shape index (κ2) is 16.5. The van der Waals surface area contributed by atoms with Gasteiger partial charge in [0.15, 0.2) is 21.5 Å². The van der Waals surface area contributed by atoms with Crippen LogP contribution >= 0.6 is 23.2 Å². The van der Waals surface area contributed by atoms with E-state index in [9.17, 15) is 13.2 Å². The summed E-state index contributed by atoms with van der Waals surface area (Å²) in [5, 5.41) is 9.68. The molecule has 0 fully saturated rings. The highest BCUT2D eigenvalue weighted by atomic mass is 35.5. The number of hydrogen-bond donors (Lipinski definition) is 3. The van der Waals surface area contributed by atoms with Gasteiger partial charge in [0.2, 0.25) is 5.90 Å². The number of ether oxygens (including phenoxy) is 3. The Hall–Kier alpha value is -4.13. The highest BCUT2D eigenvalue weighted by Crippen LogP contribution is 2.45. The number of halogens is 2. The van der Waals surface area contributed by atoms with Crippen molar-refractivity contribution in [2.75, 3.05) is 32.6 Å². The van der Waals surface area contributed by atoms with E-state index in [1.165, 1.54) is 18.2 Å². The number of nitrogens with zero attached hydrogens (tertiary/aromatic N) is 1. The Morgan fingerprint density at radius 3 is 2.45 bits per heavy atom. The number of aliphatic hydroxyl groups excluding tert-OH is 1. The first-order chi connectivity index (χ1) is 23.7. The lowest BCUT2D eigenvalue weighted by molar-refractivity contribution is -0.130. The number of amides is 1. The number of hydrazine groups is 1. The van der Waals surface area contributed by atoms with Gasteiger partial charge >= 0.3 is 0 Å². The quantitative estimate of drug-likeness (QED) is 0.0983. The molecule has 5 rings (SSSR count). The summed E-state index contributed by atoms with van der Waals surface area (Å²) in [6.45, 7) is 0.691. The summed E-state index contributed by atoms with van der Waals surface area (Å²) in [5.41, 5.74) is 5.86. The molecule has 10 nitrogen and oxygen atoms in total. The monoisotopic (exact) mass is 725 g/mol. The Morgan fingerprint density at radius 1 is 1.00 bits per heavy atom. The predicted octanol–water partition coefficient (Wildman–Crippen LogP) is 5.75. The van der Waals surface area contributed by atoms with Crippen molar-refractivity contribution in [3.8, 4) is 11.5 Å². The minimum absolute atomic E-state index is 0.0107. The molecule has 49 heavy (non-hydrogen) atoms. The van der Waals surface area contributed by atoms with Crippen LogP contribution in [0.2, 0.25) is 10.0 Å². The first-order valence-corrected chi connectivity index (χ1v) is 18.1. The molecule has 1 aliphatic heterocycles. The van der Waals surface area contributed by atoms with Crippen molar-refractivity contribution >= 4 is 44.8 Å². The van der Waals surface area contributed by atoms with Gasteiger partial charge in [0, 0.05) is 47.2 Å². The van der Waals surface area contributed by atoms with Gasteiger partial charge in [0.1, 0.15) is 11.5 Å². The van der Waals surface area contributed by atoms with Crippen molar-refractivity contribution in [3.63, 3.8) is 0 Å². The van der Waals surface area contributed by atoms with Crippen molar-refractivity contribution in [2.24, 2.45) is 4.99 Å². The molecule has 0 spiro atoms. The van der Waals surface area contributed by atoms with Crippen LogP contribution in [0.4, 0.5) is 0 Å². The van der Waals surface area contributed by atoms with Crippen LogP contribution in [0.5, 0.6) is 11.5 Å². The summed E-state index contributed by atoms with van der Waals surface area (Å²) in [4.78, 5) is 19.4. The van der Waals surface area contributed by atoms with Crippen LogP contribution in [0.25, 0.3) is 0 Å². The first kappa shape index (κ1) is 36.2. The smallest absolute Gasteiger partial charge is 0.266 e. The molecule has 0 aliphatic carbocycles. The lowest BCUT2D eigenvalue weighted by Gasteiger charge is -2.31. The van der Waals surface area contributed by atoms with Gasteiger partial charge in [-0.1, -0.05) is 65.7 Å². The highest BCUT2D eigenvalue weighted by Gasteiger charge is 2.54. The number of hydrogen-bond acceptors (Lipinski definition) is 9. The lowest BCUT2D eigenvalue weighted by atomic mass is 9.85. The predicted molar refractivity (Wildman–Crippen MR) is 189 cm³/mol. The van der Waals surface area contributed by atoms with E-state index in [-0.39, 0.29) is 28.8 Å². The molecule has 0 aromatic heterocycles. The third kappa shape index (κ3) is 8.73. The van der Waals surface area contributed by atoms with Crippen molar-refractivity contribution in [1.29, 1.82) is 0 Å². The zero-order valence-electron chi connectivity index (χ0n) is 26.8. The molecule has 1 amide bonds. The van der Waals surface area contributed by atoms with Gasteiger partial charge in [0.25, 0.3) is 5.91 Å². The fourth-order valence-electron chi connectivity index (χ4n) is 5.45. The van der Waals surface area contributed by atoms with E-state index in [1.807, 2.05) is 24.3 Å². The fraction of sp³-hybridized carbons (Fsp3) is 0.278. The summed E-state index contributed by atoms with van der Waals surface area (Å²) in [6, 6.07) is 27.3. The van der Waals surface area contributed by atoms with Crippen molar-refractivity contribution in [1.82, 2.24) is 10.9 Å². The topological polar surface area (TPSA) is 136 Å². The van der Waals surface area contributed by atoms with Crippen LogP contribution in [0, 0.1) is 0 Å². The number of para-hydroxylation sites is 1. The maximum Gasteiger partial charge on any atom is 0.266 e. The minimum Gasteiger partial charge on any atom is -0.496 e. The largest absolute Gasteiger partial charge is 0.496 e. The summed E-state index contributed by atoms with van der Waals surface area (Å²) in [5.74, 6) is 0.402. The molecule has 13 heteroatoms. The molecule has 0 unspecified atom stereocenters. The zero-order valence-corrected chi connectivity index (χ0v) is 29.1. The zero-order chi connectivity index (χ0) is 34.9. The average molecular weight is 727 g/mol. The number of nitrogens with one attached hydrogen (secondary N) is 2. The number of methoxy groups -OCH3 is 1. The van der Waals surface area contributed by atoms with Crippen LogP contribution in [-0.2, 0) is 25.8 Å². The Morgan fingerprint density at radius 2 is 1.73 bits per heavy atom. The third-order valence-corrected chi connectivity index (χ3v) is 10.3. The number of aliphatic imine (C=N–C) groups is 1. The molecule has 0 saturated heterocycles. The van der Waals surface area contributed by atoms with Gasteiger partial charge in [-0.25, -0.2) is 18.8 Å². The maximum atomic E-state index is 14.4. The summed E-state index contributed by atoms with van der Waals surface area (Å²) in [7, 11) is -2.24. The second-order valence-electron chi connectivity index (χ2n) is 11.3. The van der Waals surface area contributed by atoms with Gasteiger partial charge in [-0.2, -0.15) is 0 Å². The molecule has 0 radical (unpaired) electrons. The number of carbonyl (C=O) groups is 1. The van der Waals surface area contributed by atoms with Crippen LogP contribution < -0.4 is 20.3 Å².